The number of benzene rings is 1. The van der Waals surface area contributed by atoms with Crippen molar-refractivity contribution in [3.05, 3.63) is 57.4 Å². The Balaban J connectivity index is 1.43. The van der Waals surface area contributed by atoms with Gasteiger partial charge in [0.25, 0.3) is 0 Å². The molecule has 0 spiro atoms. The molecular formula is C54H89BrN2S3Si4. The van der Waals surface area contributed by atoms with Crippen LogP contribution in [0.1, 0.15) is 153 Å². The van der Waals surface area contributed by atoms with Crippen molar-refractivity contribution >= 4 is 94.3 Å². The highest BCUT2D eigenvalue weighted by molar-refractivity contribution is 9.10. The van der Waals surface area contributed by atoms with Crippen LogP contribution in [0, 0.1) is 0 Å². The third-order valence-corrected chi connectivity index (χ3v) is 39.2. The summed E-state index contributed by atoms with van der Waals surface area (Å²) in [4.78, 5) is 7.96. The molecule has 2 aliphatic heterocycles. The molecule has 3 aromatic heterocycles. The maximum atomic E-state index is 3.75. The zero-order valence-electron chi connectivity index (χ0n) is 42.4. The molecule has 0 N–H and O–H groups in total. The normalized spacial score (nSPS) is 17.6. The van der Waals surface area contributed by atoms with E-state index in [1.807, 2.05) is 0 Å². The summed E-state index contributed by atoms with van der Waals surface area (Å²) in [6.45, 7) is 26.9. The molecule has 2 aliphatic rings. The largest absolute Gasteiger partial charge is 0.421 e. The molecule has 356 valence electrons. The first-order valence-corrected chi connectivity index (χ1v) is 42.3. The minimum atomic E-state index is -1.85. The minimum Gasteiger partial charge on any atom is -0.421 e. The van der Waals surface area contributed by atoms with Gasteiger partial charge in [-0.3, -0.25) is 0 Å². The number of hydrogen-bond acceptors (Lipinski definition) is 5. The zero-order chi connectivity index (χ0) is 46.0. The molecule has 2 bridgehead atoms. The van der Waals surface area contributed by atoms with Gasteiger partial charge in [-0.15, -0.1) is 34.0 Å². The first-order chi connectivity index (χ1) is 30.6. The van der Waals surface area contributed by atoms with E-state index in [0.717, 1.165) is 4.47 Å². The Bertz CT molecular complexity index is 2000. The first-order valence-electron chi connectivity index (χ1n) is 26.3. The van der Waals surface area contributed by atoms with Gasteiger partial charge in [-0.25, -0.2) is 0 Å². The van der Waals surface area contributed by atoms with Crippen molar-refractivity contribution in [1.29, 1.82) is 0 Å². The Morgan fingerprint density at radius 3 is 1.28 bits per heavy atom. The number of rotatable bonds is 25. The summed E-state index contributed by atoms with van der Waals surface area (Å²) in [6.07, 6.45) is 30.3. The lowest BCUT2D eigenvalue weighted by Gasteiger charge is -2.60. The summed E-state index contributed by atoms with van der Waals surface area (Å²) in [6, 6.07) is 20.1. The van der Waals surface area contributed by atoms with Crippen LogP contribution in [0.4, 0.5) is 11.4 Å². The van der Waals surface area contributed by atoms with Crippen molar-refractivity contribution in [1.82, 2.24) is 0 Å². The van der Waals surface area contributed by atoms with E-state index >= 15 is 0 Å². The third kappa shape index (κ3) is 13.3. The Morgan fingerprint density at radius 2 is 0.844 bits per heavy atom. The molecule has 0 saturated heterocycles. The molecule has 0 unspecified atom stereocenters. The molecule has 5 heterocycles. The van der Waals surface area contributed by atoms with Gasteiger partial charge in [-0.1, -0.05) is 210 Å². The van der Waals surface area contributed by atoms with Gasteiger partial charge in [-0.05, 0) is 96.2 Å². The highest BCUT2D eigenvalue weighted by Crippen LogP contribution is 2.62. The summed E-state index contributed by atoms with van der Waals surface area (Å²) in [7, 11) is -7.35. The van der Waals surface area contributed by atoms with E-state index in [4.69, 9.17) is 0 Å². The SMILES string of the molecule is CCCCCCCCCCCCc1ccsc1-c1sc(-c2sc(-c3ccc(Br)cc3)cc2CCCCCCCCCCCC)c2c1N1[Si](C)(C)CC[Si](C)(C)N2[Si](C)(C)CC[Si]1(C)C. The molecule has 0 amide bonds. The van der Waals surface area contributed by atoms with E-state index in [0.29, 0.717) is 0 Å². The highest BCUT2D eigenvalue weighted by Gasteiger charge is 2.54. The molecule has 0 radical (unpaired) electrons. The molecule has 6 rings (SSSR count). The van der Waals surface area contributed by atoms with E-state index < -0.39 is 32.9 Å². The van der Waals surface area contributed by atoms with Crippen molar-refractivity contribution in [2.75, 3.05) is 8.46 Å². The summed E-state index contributed by atoms with van der Waals surface area (Å²) < 4.78 is 7.78. The molecule has 0 fully saturated rings. The van der Waals surface area contributed by atoms with Crippen LogP contribution in [0.15, 0.2) is 46.3 Å². The van der Waals surface area contributed by atoms with Crippen LogP contribution in [0.5, 0.6) is 0 Å². The van der Waals surface area contributed by atoms with Gasteiger partial charge in [-0.2, -0.15) is 0 Å². The molecule has 64 heavy (non-hydrogen) atoms. The van der Waals surface area contributed by atoms with E-state index in [1.54, 1.807) is 42.0 Å². The zero-order valence-corrected chi connectivity index (χ0v) is 50.5. The average Bonchev–Trinajstić information content (AvgIpc) is 3.98. The number of aryl methyl sites for hydroxylation is 2. The number of unbranched alkanes of at least 4 members (excludes halogenated alkanes) is 18. The highest BCUT2D eigenvalue weighted by atomic mass is 79.9. The van der Waals surface area contributed by atoms with E-state index in [2.05, 4.69) is 166 Å². The van der Waals surface area contributed by atoms with Crippen molar-refractivity contribution in [3.8, 4) is 29.9 Å². The third-order valence-electron chi connectivity index (χ3n) is 15.1. The van der Waals surface area contributed by atoms with Crippen molar-refractivity contribution in [3.63, 3.8) is 0 Å². The Hall–Kier alpha value is -0.732. The number of hydrogen-bond donors (Lipinski definition) is 0. The molecule has 2 nitrogen and oxygen atoms in total. The number of thiophene rings is 3. The fraction of sp³-hybridized carbons (Fsp3) is 0.667. The van der Waals surface area contributed by atoms with Gasteiger partial charge >= 0.3 is 0 Å². The Labute approximate surface area is 418 Å². The fourth-order valence-electron chi connectivity index (χ4n) is 11.6. The van der Waals surface area contributed by atoms with Crippen LogP contribution < -0.4 is 8.46 Å². The second-order valence-corrected chi connectivity index (χ2v) is 45.6. The smallest absolute Gasteiger partial charge is 0.141 e. The lowest BCUT2D eigenvalue weighted by atomic mass is 10.0. The monoisotopic (exact) mass is 1050 g/mol. The molecule has 4 aromatic rings. The van der Waals surface area contributed by atoms with E-state index in [9.17, 15) is 0 Å². The minimum absolute atomic E-state index is 1.16. The lowest BCUT2D eigenvalue weighted by molar-refractivity contribution is 0.556. The summed E-state index contributed by atoms with van der Waals surface area (Å²) in [5.41, 5.74) is 8.06. The van der Waals surface area contributed by atoms with Gasteiger partial charge < -0.3 is 8.46 Å². The molecule has 0 aliphatic carbocycles. The molecule has 1 aromatic carbocycles. The molecule has 0 saturated carbocycles. The standard InChI is InChI=1S/C54H89BrN2S3Si4/c1-11-13-15-17-19-21-23-25-27-29-31-45-37-38-58-51(45)53-49-50(57-63(7,8)41-39-61(3,4)56(49)62(5,6)40-42-64(57,9)10)54(60-53)52-46(32-30-28-26-24-22-20-18-16-14-12-2)43-48(59-52)44-33-35-47(55)36-34-44/h33-38,43H,11-32,39-42H2,1-10H3. The van der Waals surface area contributed by atoms with E-state index in [1.165, 1.54) is 176 Å². The van der Waals surface area contributed by atoms with Crippen molar-refractivity contribution in [2.24, 2.45) is 0 Å². The number of nitrogens with zero attached hydrogens (tertiary/aromatic N) is 2. The van der Waals surface area contributed by atoms with Gasteiger partial charge in [0.05, 0.1) is 26.0 Å². The fourth-order valence-corrected chi connectivity index (χ4v) is 44.4. The second-order valence-electron chi connectivity index (χ2n) is 22.5. The van der Waals surface area contributed by atoms with Crippen LogP contribution >= 0.6 is 49.9 Å². The quantitative estimate of drug-likeness (QED) is 0.0482. The van der Waals surface area contributed by atoms with Crippen molar-refractivity contribution in [2.45, 2.75) is 232 Å². The predicted molar refractivity (Wildman–Crippen MR) is 309 cm³/mol. The maximum Gasteiger partial charge on any atom is 0.141 e. The van der Waals surface area contributed by atoms with Crippen LogP contribution in [0.25, 0.3) is 29.9 Å². The first kappa shape index (κ1) is 52.6. The van der Waals surface area contributed by atoms with Gasteiger partial charge in [0.15, 0.2) is 0 Å². The Morgan fingerprint density at radius 1 is 0.453 bits per heavy atom. The van der Waals surface area contributed by atoms with Crippen LogP contribution in [0.3, 0.4) is 0 Å². The number of anilines is 2. The maximum absolute atomic E-state index is 3.75. The lowest BCUT2D eigenvalue weighted by Crippen LogP contribution is -2.71. The van der Waals surface area contributed by atoms with Crippen LogP contribution in [-0.2, 0) is 12.8 Å². The number of halogens is 1. The summed E-state index contributed by atoms with van der Waals surface area (Å²) in [5.74, 6) is 0. The predicted octanol–water partition coefficient (Wildman–Crippen LogP) is 21.0. The molecule has 0 atom stereocenters. The Kier molecular flexibility index (Phi) is 19.9. The second kappa shape index (κ2) is 24.2. The van der Waals surface area contributed by atoms with Crippen LogP contribution in [-0.4, -0.2) is 32.9 Å². The van der Waals surface area contributed by atoms with E-state index in [-0.39, 0.29) is 0 Å². The van der Waals surface area contributed by atoms with Crippen molar-refractivity contribution < 1.29 is 0 Å². The van der Waals surface area contributed by atoms with Crippen LogP contribution in [0.2, 0.25) is 76.6 Å². The van der Waals surface area contributed by atoms with Gasteiger partial charge in [0.2, 0.25) is 0 Å². The molecular weight excluding hydrogens is 965 g/mol. The molecule has 10 heteroatoms. The summed E-state index contributed by atoms with van der Waals surface area (Å²) in [5, 5.41) is 2.46. The van der Waals surface area contributed by atoms with Gasteiger partial charge in [0.1, 0.15) is 32.9 Å². The van der Waals surface area contributed by atoms with Gasteiger partial charge in [0, 0.05) is 14.2 Å². The summed E-state index contributed by atoms with van der Waals surface area (Å²) >= 11 is 10.2. The average molecular weight is 1050 g/mol. The topological polar surface area (TPSA) is 6.48 Å².